The first kappa shape index (κ1) is 103. The van der Waals surface area contributed by atoms with E-state index in [0.717, 1.165) is 115 Å². The average Bonchev–Trinajstić information content (AvgIpc) is 0.919. The number of rotatable bonds is 83. The van der Waals surface area contributed by atoms with Crippen molar-refractivity contribution in [3.63, 3.8) is 0 Å². The van der Waals surface area contributed by atoms with Crippen molar-refractivity contribution in [2.75, 3.05) is 39.6 Å². The molecule has 0 bridgehead atoms. The molecule has 0 aliphatic rings. The van der Waals surface area contributed by atoms with Crippen LogP contribution in [0, 0.1) is 11.8 Å². The smallest absolute Gasteiger partial charge is 0.462 e. The number of carbonyl (C=O) groups excluding carboxylic acids is 4. The van der Waals surface area contributed by atoms with E-state index in [1.807, 2.05) is 0 Å². The van der Waals surface area contributed by atoms with Crippen molar-refractivity contribution in [1.29, 1.82) is 0 Å². The Morgan fingerprint density at radius 1 is 0.314 bits per heavy atom. The van der Waals surface area contributed by atoms with Gasteiger partial charge in [-0.1, -0.05) is 380 Å². The summed E-state index contributed by atoms with van der Waals surface area (Å²) in [6.07, 6.45) is 71.5. The molecule has 6 atom stereocenters. The highest BCUT2D eigenvalue weighted by molar-refractivity contribution is 7.47. The van der Waals surface area contributed by atoms with Gasteiger partial charge in [0, 0.05) is 25.7 Å². The highest BCUT2D eigenvalue weighted by Gasteiger charge is 2.30. The van der Waals surface area contributed by atoms with Crippen molar-refractivity contribution in [2.24, 2.45) is 11.8 Å². The van der Waals surface area contributed by atoms with Crippen molar-refractivity contribution in [1.82, 2.24) is 0 Å². The van der Waals surface area contributed by atoms with Crippen LogP contribution in [-0.2, 0) is 65.4 Å². The second kappa shape index (κ2) is 76.9. The van der Waals surface area contributed by atoms with E-state index in [-0.39, 0.29) is 25.7 Å². The minimum atomic E-state index is -4.97. The number of hydrogen-bond donors (Lipinski definition) is 3. The van der Waals surface area contributed by atoms with E-state index in [0.29, 0.717) is 25.7 Å². The first-order valence-corrected chi connectivity index (χ1v) is 46.8. The van der Waals surface area contributed by atoms with Gasteiger partial charge in [-0.3, -0.25) is 37.3 Å². The zero-order chi connectivity index (χ0) is 77.1. The van der Waals surface area contributed by atoms with Crippen LogP contribution in [0.15, 0.2) is 24.3 Å². The number of hydrogen-bond acceptors (Lipinski definition) is 15. The molecular formula is C86H164O17P2. The maximum Gasteiger partial charge on any atom is 0.472 e. The summed E-state index contributed by atoms with van der Waals surface area (Å²) in [7, 11) is -9.94. The average molecular weight is 1530 g/mol. The van der Waals surface area contributed by atoms with E-state index in [1.54, 1.807) is 0 Å². The largest absolute Gasteiger partial charge is 0.472 e. The lowest BCUT2D eigenvalue weighted by atomic mass is 9.99. The third kappa shape index (κ3) is 78.0. The molecule has 0 amide bonds. The van der Waals surface area contributed by atoms with Crippen molar-refractivity contribution < 1.29 is 80.2 Å². The van der Waals surface area contributed by atoms with Crippen LogP contribution < -0.4 is 0 Å². The maximum absolute atomic E-state index is 13.1. The van der Waals surface area contributed by atoms with Crippen molar-refractivity contribution >= 4 is 39.5 Å². The molecule has 19 heteroatoms. The Labute approximate surface area is 643 Å². The second-order valence-corrected chi connectivity index (χ2v) is 33.9. The van der Waals surface area contributed by atoms with E-state index in [1.165, 1.54) is 238 Å². The Hall–Kier alpha value is -2.46. The van der Waals surface area contributed by atoms with Crippen molar-refractivity contribution in [2.45, 2.75) is 452 Å². The second-order valence-electron chi connectivity index (χ2n) is 31.0. The molecule has 0 saturated heterocycles. The number of phosphoric acid groups is 2. The van der Waals surface area contributed by atoms with Gasteiger partial charge in [-0.15, -0.1) is 0 Å². The predicted octanol–water partition coefficient (Wildman–Crippen LogP) is 25.8. The highest BCUT2D eigenvalue weighted by atomic mass is 31.2. The lowest BCUT2D eigenvalue weighted by molar-refractivity contribution is -0.161. The molecule has 17 nitrogen and oxygen atoms in total. The van der Waals surface area contributed by atoms with Crippen LogP contribution in [0.3, 0.4) is 0 Å². The third-order valence-electron chi connectivity index (χ3n) is 19.9. The summed E-state index contributed by atoms with van der Waals surface area (Å²) in [5.41, 5.74) is 0. The molecule has 0 aliphatic heterocycles. The van der Waals surface area contributed by atoms with Crippen LogP contribution in [0.4, 0.5) is 0 Å². The van der Waals surface area contributed by atoms with Crippen LogP contribution >= 0.6 is 15.6 Å². The molecule has 3 unspecified atom stereocenters. The van der Waals surface area contributed by atoms with Gasteiger partial charge in [-0.25, -0.2) is 9.13 Å². The molecular weight excluding hydrogens is 1370 g/mol. The van der Waals surface area contributed by atoms with Gasteiger partial charge < -0.3 is 33.8 Å². The van der Waals surface area contributed by atoms with E-state index < -0.39 is 97.5 Å². The zero-order valence-corrected chi connectivity index (χ0v) is 70.3. The summed E-state index contributed by atoms with van der Waals surface area (Å²) in [4.78, 5) is 73.2. The van der Waals surface area contributed by atoms with Gasteiger partial charge in [0.15, 0.2) is 12.2 Å². The molecule has 0 heterocycles. The van der Waals surface area contributed by atoms with Crippen LogP contribution in [-0.4, -0.2) is 96.7 Å². The number of unbranched alkanes of at least 4 members (excludes halogenated alkanes) is 49. The van der Waals surface area contributed by atoms with Gasteiger partial charge in [0.25, 0.3) is 0 Å². The number of allylic oxidation sites excluding steroid dienone is 4. The first-order chi connectivity index (χ1) is 50.9. The van der Waals surface area contributed by atoms with E-state index in [2.05, 4.69) is 65.8 Å². The molecule has 0 aromatic carbocycles. The molecule has 0 aromatic rings. The van der Waals surface area contributed by atoms with Gasteiger partial charge in [0.2, 0.25) is 0 Å². The number of phosphoric ester groups is 2. The molecule has 0 radical (unpaired) electrons. The van der Waals surface area contributed by atoms with Crippen molar-refractivity contribution in [3.8, 4) is 0 Å². The lowest BCUT2D eigenvalue weighted by Gasteiger charge is -2.21. The topological polar surface area (TPSA) is 237 Å². The van der Waals surface area contributed by atoms with Gasteiger partial charge >= 0.3 is 39.5 Å². The summed E-state index contributed by atoms with van der Waals surface area (Å²) in [6, 6.07) is 0. The fraction of sp³-hybridized carbons (Fsp3) is 0.907. The maximum atomic E-state index is 13.1. The van der Waals surface area contributed by atoms with Gasteiger partial charge in [-0.2, -0.15) is 0 Å². The molecule has 0 saturated carbocycles. The van der Waals surface area contributed by atoms with Gasteiger partial charge in [-0.05, 0) is 63.2 Å². The molecule has 105 heavy (non-hydrogen) atoms. The minimum Gasteiger partial charge on any atom is -0.462 e. The van der Waals surface area contributed by atoms with E-state index in [4.69, 9.17) is 37.0 Å². The predicted molar refractivity (Wildman–Crippen MR) is 432 cm³/mol. The van der Waals surface area contributed by atoms with Crippen LogP contribution in [0.2, 0.25) is 0 Å². The molecule has 0 spiro atoms. The fourth-order valence-electron chi connectivity index (χ4n) is 12.8. The molecule has 0 fully saturated rings. The van der Waals surface area contributed by atoms with E-state index >= 15 is 0 Å². The monoisotopic (exact) mass is 1530 g/mol. The number of ether oxygens (including phenoxy) is 4. The Bertz CT molecular complexity index is 2110. The summed E-state index contributed by atoms with van der Waals surface area (Å²) < 4.78 is 68.8. The number of esters is 4. The highest BCUT2D eigenvalue weighted by Crippen LogP contribution is 2.45. The quantitative estimate of drug-likeness (QED) is 0.0169. The standard InChI is InChI=1S/C86H164O17P2/c1-7-10-12-14-16-18-20-21-26-34-40-46-52-58-64-70-85(90)102-81(74-96-83(88)68-62-56-50-44-36-19-17-15-13-11-8-2)76-100-104(92,93)98-72-80(87)73-99-105(94,95)101-77-82(75-97-84(89)69-63-57-51-45-39-33-30-29-32-38-43-49-55-61-67-79(6)9-3)103-86(91)71-65-59-53-47-41-35-28-25-23-22-24-27-31-37-42-48-54-60-66-78(4)5/h18,20-21,26,78-82,87H,7-17,19,22-25,27-77H2,1-6H3,(H,92,93)(H,94,95)/b20-18-,26-21-/t79?,80-,81+,82+/m0/s1. The van der Waals surface area contributed by atoms with Gasteiger partial charge in [0.1, 0.15) is 19.3 Å². The Kier molecular flexibility index (Phi) is 75.1. The number of carbonyl (C=O) groups is 4. The van der Waals surface area contributed by atoms with Crippen molar-refractivity contribution in [3.05, 3.63) is 24.3 Å². The number of aliphatic hydroxyl groups is 1. The third-order valence-corrected chi connectivity index (χ3v) is 21.8. The van der Waals surface area contributed by atoms with E-state index in [9.17, 15) is 43.2 Å². The Balaban J connectivity index is 5.27. The normalized spacial score (nSPS) is 14.2. The lowest BCUT2D eigenvalue weighted by Crippen LogP contribution is -2.30. The SMILES string of the molecule is CCCCCC/C=C\C=C/CCCCCCCC(=O)O[C@H](COC(=O)CCCCCCCCCCCCC)COP(=O)(O)OC[C@H](O)COP(=O)(O)OC[C@@H](COC(=O)CCCCCCCCCCCCCCCCC(C)CC)OC(=O)CCCCCCCCCCCCCCCCCCCCC(C)C. The van der Waals surface area contributed by atoms with Crippen LogP contribution in [0.1, 0.15) is 433 Å². The Morgan fingerprint density at radius 2 is 0.562 bits per heavy atom. The number of aliphatic hydroxyl groups excluding tert-OH is 1. The zero-order valence-electron chi connectivity index (χ0n) is 68.5. The fourth-order valence-corrected chi connectivity index (χ4v) is 14.4. The van der Waals surface area contributed by atoms with Gasteiger partial charge in [0.05, 0.1) is 26.4 Å². The molecule has 3 N–H and O–H groups in total. The first-order valence-electron chi connectivity index (χ1n) is 43.8. The molecule has 0 rings (SSSR count). The Morgan fingerprint density at radius 3 is 0.857 bits per heavy atom. The minimum absolute atomic E-state index is 0.0855. The summed E-state index contributed by atoms with van der Waals surface area (Å²) >= 11 is 0. The molecule has 620 valence electrons. The summed E-state index contributed by atoms with van der Waals surface area (Å²) in [5.74, 6) is -0.464. The van der Waals surface area contributed by atoms with Crippen LogP contribution in [0.25, 0.3) is 0 Å². The molecule has 0 aromatic heterocycles. The molecule has 0 aliphatic carbocycles. The van der Waals surface area contributed by atoms with Crippen LogP contribution in [0.5, 0.6) is 0 Å². The summed E-state index contributed by atoms with van der Waals surface area (Å²) in [6.45, 7) is 9.69. The summed E-state index contributed by atoms with van der Waals surface area (Å²) in [5, 5.41) is 10.7.